The molecule has 0 saturated heterocycles. The van der Waals surface area contributed by atoms with E-state index >= 15 is 0 Å². The molecule has 0 bridgehead atoms. The van der Waals surface area contributed by atoms with Gasteiger partial charge in [0.1, 0.15) is 0 Å². The summed E-state index contributed by atoms with van der Waals surface area (Å²) in [5.74, 6) is 0. The standard InChI is InChI=1S/C36H42/c1-3-5-7-9-11-13-27-15-17-29-21-33-26-36-24-32-20-28(14-12-10-8-6-4-2)16-18-30(32)22-34(36)25-35(33)23-31(29)19-27/h15-26H,3-14H2,1-2H3. The molecule has 5 aromatic carbocycles. The van der Waals surface area contributed by atoms with E-state index in [0.717, 1.165) is 0 Å². The summed E-state index contributed by atoms with van der Waals surface area (Å²) in [5.41, 5.74) is 2.96. The minimum Gasteiger partial charge on any atom is -0.0654 e. The molecule has 0 aliphatic heterocycles. The van der Waals surface area contributed by atoms with Crippen LogP contribution >= 0.6 is 0 Å². The number of fused-ring (bicyclic) bond motifs is 4. The first-order chi connectivity index (χ1) is 17.7. The second-order valence-electron chi connectivity index (χ2n) is 10.9. The maximum Gasteiger partial charge on any atom is -0.0171 e. The van der Waals surface area contributed by atoms with Crippen molar-refractivity contribution in [1.82, 2.24) is 0 Å². The van der Waals surface area contributed by atoms with Gasteiger partial charge in [0.25, 0.3) is 0 Å². The molecule has 0 spiro atoms. The first-order valence-electron chi connectivity index (χ1n) is 14.6. The van der Waals surface area contributed by atoms with Gasteiger partial charge in [-0.2, -0.15) is 0 Å². The van der Waals surface area contributed by atoms with Crippen LogP contribution in [-0.4, -0.2) is 0 Å². The zero-order chi connectivity index (χ0) is 24.7. The van der Waals surface area contributed by atoms with Crippen molar-refractivity contribution in [2.24, 2.45) is 0 Å². The summed E-state index contributed by atoms with van der Waals surface area (Å²) in [6, 6.07) is 28.5. The molecule has 0 radical (unpaired) electrons. The number of hydrogen-bond acceptors (Lipinski definition) is 0. The number of rotatable bonds is 12. The second-order valence-corrected chi connectivity index (χ2v) is 10.9. The first kappa shape index (κ1) is 24.8. The van der Waals surface area contributed by atoms with Gasteiger partial charge in [-0.15, -0.1) is 0 Å². The third kappa shape index (κ3) is 5.92. The summed E-state index contributed by atoms with van der Waals surface area (Å²) in [6.45, 7) is 4.57. The Hall–Kier alpha value is -2.86. The van der Waals surface area contributed by atoms with Crippen LogP contribution < -0.4 is 0 Å². The molecule has 0 N–H and O–H groups in total. The van der Waals surface area contributed by atoms with Crippen LogP contribution in [0, 0.1) is 0 Å². The van der Waals surface area contributed by atoms with Crippen LogP contribution in [0.4, 0.5) is 0 Å². The van der Waals surface area contributed by atoms with Gasteiger partial charge in [0.2, 0.25) is 0 Å². The molecule has 0 saturated carbocycles. The van der Waals surface area contributed by atoms with E-state index in [9.17, 15) is 0 Å². The van der Waals surface area contributed by atoms with Crippen LogP contribution in [0.25, 0.3) is 43.1 Å². The van der Waals surface area contributed by atoms with E-state index in [1.165, 1.54) is 131 Å². The van der Waals surface area contributed by atoms with E-state index in [2.05, 4.69) is 86.6 Å². The Balaban J connectivity index is 1.39. The van der Waals surface area contributed by atoms with Gasteiger partial charge >= 0.3 is 0 Å². The van der Waals surface area contributed by atoms with Gasteiger partial charge in [-0.3, -0.25) is 0 Å². The van der Waals surface area contributed by atoms with Crippen LogP contribution in [-0.2, 0) is 12.8 Å². The average Bonchev–Trinajstić information content (AvgIpc) is 2.89. The van der Waals surface area contributed by atoms with E-state index in [1.807, 2.05) is 0 Å². The van der Waals surface area contributed by atoms with Crippen LogP contribution in [0.15, 0.2) is 72.8 Å². The smallest absolute Gasteiger partial charge is 0.0171 e. The molecule has 5 aromatic rings. The largest absolute Gasteiger partial charge is 0.0654 e. The summed E-state index contributed by atoms with van der Waals surface area (Å²) < 4.78 is 0. The fourth-order valence-electron chi connectivity index (χ4n) is 5.78. The molecule has 0 aliphatic rings. The van der Waals surface area contributed by atoms with Crippen LogP contribution in [0.3, 0.4) is 0 Å². The van der Waals surface area contributed by atoms with Crippen molar-refractivity contribution in [2.75, 3.05) is 0 Å². The van der Waals surface area contributed by atoms with Crippen molar-refractivity contribution in [3.8, 4) is 0 Å². The number of unbranched alkanes of at least 4 members (excludes halogenated alkanes) is 8. The zero-order valence-electron chi connectivity index (χ0n) is 22.4. The van der Waals surface area contributed by atoms with Gasteiger partial charge in [0, 0.05) is 0 Å². The monoisotopic (exact) mass is 474 g/mol. The van der Waals surface area contributed by atoms with Crippen molar-refractivity contribution < 1.29 is 0 Å². The van der Waals surface area contributed by atoms with E-state index in [-0.39, 0.29) is 0 Å². The van der Waals surface area contributed by atoms with E-state index in [0.29, 0.717) is 0 Å². The molecule has 0 nitrogen and oxygen atoms in total. The number of aryl methyl sites for hydroxylation is 2. The van der Waals surface area contributed by atoms with Crippen molar-refractivity contribution >= 4 is 43.1 Å². The average molecular weight is 475 g/mol. The fourth-order valence-corrected chi connectivity index (χ4v) is 5.78. The third-order valence-electron chi connectivity index (χ3n) is 7.97. The summed E-state index contributed by atoms with van der Waals surface area (Å²) in [4.78, 5) is 0. The molecule has 0 atom stereocenters. The minimum atomic E-state index is 1.20. The summed E-state index contributed by atoms with van der Waals surface area (Å²) in [6.07, 6.45) is 15.8. The highest BCUT2D eigenvalue weighted by atomic mass is 14.1. The quantitative estimate of drug-likeness (QED) is 0.125. The highest BCUT2D eigenvalue weighted by Gasteiger charge is 2.06. The summed E-state index contributed by atoms with van der Waals surface area (Å²) >= 11 is 0. The minimum absolute atomic E-state index is 1.20. The molecule has 36 heavy (non-hydrogen) atoms. The van der Waals surface area contributed by atoms with Crippen molar-refractivity contribution in [1.29, 1.82) is 0 Å². The topological polar surface area (TPSA) is 0 Å². The fraction of sp³-hybridized carbons (Fsp3) is 0.389. The molecule has 0 heteroatoms. The van der Waals surface area contributed by atoms with Crippen LogP contribution in [0.1, 0.15) is 89.2 Å². The van der Waals surface area contributed by atoms with Crippen LogP contribution in [0.5, 0.6) is 0 Å². The normalized spacial score (nSPS) is 11.8. The Morgan fingerprint density at radius 3 is 1.06 bits per heavy atom. The first-order valence-corrected chi connectivity index (χ1v) is 14.6. The van der Waals surface area contributed by atoms with Crippen molar-refractivity contribution in [3.05, 3.63) is 83.9 Å². The highest BCUT2D eigenvalue weighted by molar-refractivity contribution is 6.08. The molecule has 0 fully saturated rings. The molecule has 0 aliphatic carbocycles. The highest BCUT2D eigenvalue weighted by Crippen LogP contribution is 2.31. The Labute approximate surface area is 217 Å². The van der Waals surface area contributed by atoms with E-state index in [1.54, 1.807) is 0 Å². The molecule has 0 unspecified atom stereocenters. The van der Waals surface area contributed by atoms with Gasteiger partial charge < -0.3 is 0 Å². The lowest BCUT2D eigenvalue weighted by atomic mass is 9.95. The third-order valence-corrected chi connectivity index (χ3v) is 7.97. The Morgan fingerprint density at radius 1 is 0.333 bits per heavy atom. The van der Waals surface area contributed by atoms with Crippen molar-refractivity contribution in [3.63, 3.8) is 0 Å². The Morgan fingerprint density at radius 2 is 0.667 bits per heavy atom. The van der Waals surface area contributed by atoms with Gasteiger partial charge in [0.05, 0.1) is 0 Å². The maximum absolute atomic E-state index is 2.42. The van der Waals surface area contributed by atoms with Gasteiger partial charge in [-0.25, -0.2) is 0 Å². The van der Waals surface area contributed by atoms with Gasteiger partial charge in [0.15, 0.2) is 0 Å². The van der Waals surface area contributed by atoms with Crippen LogP contribution in [0.2, 0.25) is 0 Å². The second kappa shape index (κ2) is 11.9. The molecule has 5 rings (SSSR count). The van der Waals surface area contributed by atoms with Gasteiger partial charge in [-0.1, -0.05) is 102 Å². The molecular formula is C36H42. The molecular weight excluding hydrogens is 432 g/mol. The lowest BCUT2D eigenvalue weighted by Crippen LogP contribution is -1.88. The molecule has 0 amide bonds. The predicted molar refractivity (Wildman–Crippen MR) is 161 cm³/mol. The lowest BCUT2D eigenvalue weighted by Gasteiger charge is -2.09. The summed E-state index contributed by atoms with van der Waals surface area (Å²) in [7, 11) is 0. The number of benzene rings is 5. The van der Waals surface area contributed by atoms with E-state index < -0.39 is 0 Å². The Kier molecular flexibility index (Phi) is 8.22. The molecule has 186 valence electrons. The maximum atomic E-state index is 2.42. The zero-order valence-corrected chi connectivity index (χ0v) is 22.4. The molecule has 0 heterocycles. The molecule has 0 aromatic heterocycles. The van der Waals surface area contributed by atoms with E-state index in [4.69, 9.17) is 0 Å². The van der Waals surface area contributed by atoms with Crippen molar-refractivity contribution in [2.45, 2.75) is 90.9 Å². The van der Waals surface area contributed by atoms with Gasteiger partial charge in [-0.05, 0) is 116 Å². The number of hydrogen-bond donors (Lipinski definition) is 0. The predicted octanol–water partition coefficient (Wildman–Crippen LogP) is 11.3. The SMILES string of the molecule is CCCCCCCc1ccc2cc3cc4cc5cc(CCCCCCC)ccc5cc4cc3cc2c1. The Bertz CT molecular complexity index is 1340. The summed E-state index contributed by atoms with van der Waals surface area (Å²) in [5, 5.41) is 10.8. The lowest BCUT2D eigenvalue weighted by molar-refractivity contribution is 0.632.